The van der Waals surface area contributed by atoms with Gasteiger partial charge in [0.25, 0.3) is 0 Å². The van der Waals surface area contributed by atoms with E-state index in [1.54, 1.807) is 24.3 Å². The van der Waals surface area contributed by atoms with Crippen LogP contribution in [0.3, 0.4) is 0 Å². The average molecular weight is 385 g/mol. The van der Waals surface area contributed by atoms with E-state index in [9.17, 15) is 14.7 Å². The second-order valence-electron chi connectivity index (χ2n) is 7.80. The Bertz CT molecular complexity index is 782. The van der Waals surface area contributed by atoms with Crippen molar-refractivity contribution in [2.45, 2.75) is 53.4 Å². The molecule has 4 heteroatoms. The van der Waals surface area contributed by atoms with Crippen molar-refractivity contribution in [2.75, 3.05) is 7.11 Å². The summed E-state index contributed by atoms with van der Waals surface area (Å²) in [4.78, 5) is 24.5. The zero-order chi connectivity index (χ0) is 21.3. The first-order valence-corrected chi connectivity index (χ1v) is 9.47. The van der Waals surface area contributed by atoms with Crippen LogP contribution >= 0.6 is 0 Å². The number of phenolic OH excluding ortho intramolecular Hbond substituents is 1. The standard InChI is InChI=1S/C24H32O4/c1-7-24(5,12-8-9-18(4)14-19(25)13-17(2)3)16-23(27)21-11-10-20(28-6)15-22(21)26/h7,9-11,13,15,26H,1,8,12,14,16H2,2-6H3/b18-9+. The van der Waals surface area contributed by atoms with Gasteiger partial charge in [0.15, 0.2) is 11.6 Å². The molecule has 0 aliphatic rings. The minimum Gasteiger partial charge on any atom is -0.507 e. The predicted octanol–water partition coefficient (Wildman–Crippen LogP) is 5.82. The molecule has 0 saturated carbocycles. The molecule has 1 atom stereocenters. The zero-order valence-corrected chi connectivity index (χ0v) is 17.7. The first kappa shape index (κ1) is 23.4. The van der Waals surface area contributed by atoms with Crippen molar-refractivity contribution in [1.29, 1.82) is 0 Å². The van der Waals surface area contributed by atoms with Gasteiger partial charge >= 0.3 is 0 Å². The number of hydrogen-bond acceptors (Lipinski definition) is 4. The average Bonchev–Trinajstić information content (AvgIpc) is 2.60. The Morgan fingerprint density at radius 2 is 1.93 bits per heavy atom. The van der Waals surface area contributed by atoms with Gasteiger partial charge in [0, 0.05) is 18.9 Å². The fraction of sp³-hybridized carbons (Fsp3) is 0.417. The fourth-order valence-electron chi connectivity index (χ4n) is 2.97. The van der Waals surface area contributed by atoms with Gasteiger partial charge in [-0.1, -0.05) is 30.2 Å². The lowest BCUT2D eigenvalue weighted by atomic mass is 9.79. The number of benzene rings is 1. The van der Waals surface area contributed by atoms with Gasteiger partial charge in [0.1, 0.15) is 11.5 Å². The van der Waals surface area contributed by atoms with Crippen LogP contribution in [0, 0.1) is 5.41 Å². The van der Waals surface area contributed by atoms with E-state index in [2.05, 4.69) is 6.58 Å². The first-order valence-electron chi connectivity index (χ1n) is 9.47. The summed E-state index contributed by atoms with van der Waals surface area (Å²) in [7, 11) is 1.51. The highest BCUT2D eigenvalue weighted by atomic mass is 16.5. The van der Waals surface area contributed by atoms with Gasteiger partial charge in [-0.3, -0.25) is 9.59 Å². The summed E-state index contributed by atoms with van der Waals surface area (Å²) >= 11 is 0. The molecule has 1 N–H and O–H groups in total. The molecule has 0 saturated heterocycles. The van der Waals surface area contributed by atoms with E-state index < -0.39 is 5.41 Å². The zero-order valence-electron chi connectivity index (χ0n) is 17.7. The van der Waals surface area contributed by atoms with Crippen LogP contribution in [-0.4, -0.2) is 23.8 Å². The highest BCUT2D eigenvalue weighted by Gasteiger charge is 2.25. The molecular weight excluding hydrogens is 352 g/mol. The number of aromatic hydroxyl groups is 1. The monoisotopic (exact) mass is 384 g/mol. The Hall–Kier alpha value is -2.62. The lowest BCUT2D eigenvalue weighted by Gasteiger charge is -2.24. The van der Waals surface area contributed by atoms with E-state index in [0.29, 0.717) is 12.2 Å². The number of carbonyl (C=O) groups is 2. The van der Waals surface area contributed by atoms with E-state index in [4.69, 9.17) is 4.74 Å². The molecule has 28 heavy (non-hydrogen) atoms. The summed E-state index contributed by atoms with van der Waals surface area (Å²) in [6.07, 6.45) is 7.64. The van der Waals surface area contributed by atoms with Crippen LogP contribution in [-0.2, 0) is 4.79 Å². The Balaban J connectivity index is 2.73. The lowest BCUT2D eigenvalue weighted by molar-refractivity contribution is -0.114. The van der Waals surface area contributed by atoms with Crippen LogP contribution in [0.2, 0.25) is 0 Å². The molecule has 4 nitrogen and oxygen atoms in total. The smallest absolute Gasteiger partial charge is 0.167 e. The fourth-order valence-corrected chi connectivity index (χ4v) is 2.97. The maximum absolute atomic E-state index is 12.7. The van der Waals surface area contributed by atoms with Crippen molar-refractivity contribution in [3.63, 3.8) is 0 Å². The molecule has 0 radical (unpaired) electrons. The number of allylic oxidation sites excluding steroid dienone is 5. The van der Waals surface area contributed by atoms with Crippen molar-refractivity contribution < 1.29 is 19.4 Å². The first-order chi connectivity index (χ1) is 13.1. The normalized spacial score (nSPS) is 13.4. The number of phenols is 1. The predicted molar refractivity (Wildman–Crippen MR) is 114 cm³/mol. The number of carbonyl (C=O) groups excluding carboxylic acids is 2. The van der Waals surface area contributed by atoms with Crippen molar-refractivity contribution >= 4 is 11.6 Å². The molecule has 0 spiro atoms. The maximum Gasteiger partial charge on any atom is 0.167 e. The van der Waals surface area contributed by atoms with Crippen LogP contribution < -0.4 is 4.74 Å². The summed E-state index contributed by atoms with van der Waals surface area (Å²) in [5, 5.41) is 10.1. The number of ketones is 2. The molecule has 0 aliphatic heterocycles. The minimum absolute atomic E-state index is 0.0794. The number of ether oxygens (including phenoxy) is 1. The Morgan fingerprint density at radius 1 is 1.25 bits per heavy atom. The molecule has 1 aromatic carbocycles. The summed E-state index contributed by atoms with van der Waals surface area (Å²) in [6, 6.07) is 4.68. The van der Waals surface area contributed by atoms with E-state index in [1.807, 2.05) is 33.8 Å². The van der Waals surface area contributed by atoms with Crippen LogP contribution in [0.15, 0.2) is 54.2 Å². The number of rotatable bonds is 11. The quantitative estimate of drug-likeness (QED) is 0.297. The molecule has 0 fully saturated rings. The SMILES string of the molecule is C=CC(C)(CC/C=C(\C)CC(=O)C=C(C)C)CC(=O)c1ccc(OC)cc1O. The molecule has 0 heterocycles. The van der Waals surface area contributed by atoms with Gasteiger partial charge in [0.2, 0.25) is 0 Å². The Kier molecular flexibility index (Phi) is 8.90. The molecule has 1 rings (SSSR count). The Labute approximate surface area is 168 Å². The number of Topliss-reactive ketones (excluding diaryl/α,β-unsaturated/α-hetero) is 1. The lowest BCUT2D eigenvalue weighted by Crippen LogP contribution is -2.18. The summed E-state index contributed by atoms with van der Waals surface area (Å²) < 4.78 is 5.05. The van der Waals surface area contributed by atoms with Crippen LogP contribution in [0.5, 0.6) is 11.5 Å². The van der Waals surface area contributed by atoms with Crippen LogP contribution in [0.1, 0.15) is 63.7 Å². The van der Waals surface area contributed by atoms with Crippen molar-refractivity contribution in [1.82, 2.24) is 0 Å². The third-order valence-corrected chi connectivity index (χ3v) is 4.67. The van der Waals surface area contributed by atoms with Crippen LogP contribution in [0.4, 0.5) is 0 Å². The van der Waals surface area contributed by atoms with Gasteiger partial charge in [-0.2, -0.15) is 0 Å². The van der Waals surface area contributed by atoms with Crippen molar-refractivity contribution in [3.8, 4) is 11.5 Å². The Morgan fingerprint density at radius 3 is 2.46 bits per heavy atom. The summed E-state index contributed by atoms with van der Waals surface area (Å²) in [5.41, 5.74) is 1.91. The highest BCUT2D eigenvalue weighted by Crippen LogP contribution is 2.33. The maximum atomic E-state index is 12.7. The van der Waals surface area contributed by atoms with Crippen molar-refractivity contribution in [2.24, 2.45) is 5.41 Å². The van der Waals surface area contributed by atoms with E-state index in [1.165, 1.54) is 13.2 Å². The van der Waals surface area contributed by atoms with Gasteiger partial charge in [-0.25, -0.2) is 0 Å². The van der Waals surface area contributed by atoms with Gasteiger partial charge in [-0.05, 0) is 57.2 Å². The molecule has 0 aliphatic carbocycles. The third kappa shape index (κ3) is 7.55. The number of hydrogen-bond donors (Lipinski definition) is 1. The van der Waals surface area contributed by atoms with Gasteiger partial charge < -0.3 is 9.84 Å². The highest BCUT2D eigenvalue weighted by molar-refractivity contribution is 5.99. The topological polar surface area (TPSA) is 63.6 Å². The van der Waals surface area contributed by atoms with Gasteiger partial charge in [0.05, 0.1) is 12.7 Å². The largest absolute Gasteiger partial charge is 0.507 e. The third-order valence-electron chi connectivity index (χ3n) is 4.67. The van der Waals surface area contributed by atoms with E-state index in [-0.39, 0.29) is 29.3 Å². The van der Waals surface area contributed by atoms with E-state index in [0.717, 1.165) is 24.0 Å². The van der Waals surface area contributed by atoms with Crippen LogP contribution in [0.25, 0.3) is 0 Å². The molecule has 0 amide bonds. The molecular formula is C24H32O4. The summed E-state index contributed by atoms with van der Waals surface area (Å²) in [5.74, 6) is 0.389. The molecule has 0 bridgehead atoms. The van der Waals surface area contributed by atoms with Crippen molar-refractivity contribution in [3.05, 3.63) is 59.7 Å². The van der Waals surface area contributed by atoms with Gasteiger partial charge in [-0.15, -0.1) is 6.58 Å². The molecule has 1 aromatic rings. The van der Waals surface area contributed by atoms with E-state index >= 15 is 0 Å². The molecule has 1 unspecified atom stereocenters. The second-order valence-corrected chi connectivity index (χ2v) is 7.80. The number of methoxy groups -OCH3 is 1. The minimum atomic E-state index is -0.399. The molecule has 0 aromatic heterocycles. The molecule has 152 valence electrons. The summed E-state index contributed by atoms with van der Waals surface area (Å²) in [6.45, 7) is 11.6. The second kappa shape index (κ2) is 10.6.